The molecule has 0 bridgehead atoms. The highest BCUT2D eigenvalue weighted by Crippen LogP contribution is 2.30. The van der Waals surface area contributed by atoms with E-state index in [1.807, 2.05) is 12.1 Å². The summed E-state index contributed by atoms with van der Waals surface area (Å²) in [4.78, 5) is 11.2. The van der Waals surface area contributed by atoms with E-state index in [9.17, 15) is 9.90 Å². The van der Waals surface area contributed by atoms with Crippen LogP contribution >= 0.6 is 27.5 Å². The number of carboxylic acid groups (broad SMARTS) is 1. The maximum atomic E-state index is 11.2. The van der Waals surface area contributed by atoms with E-state index in [4.69, 9.17) is 11.6 Å². The number of nitrogens with zero attached hydrogens (tertiary/aromatic N) is 2. The van der Waals surface area contributed by atoms with Gasteiger partial charge in [0.15, 0.2) is 5.69 Å². The van der Waals surface area contributed by atoms with Gasteiger partial charge in [0.25, 0.3) is 0 Å². The number of fused-ring (bicyclic) bond motifs is 1. The van der Waals surface area contributed by atoms with Crippen molar-refractivity contribution in [3.8, 4) is 5.69 Å². The molecule has 98 valence electrons. The van der Waals surface area contributed by atoms with Gasteiger partial charge in [0.1, 0.15) is 0 Å². The van der Waals surface area contributed by atoms with Gasteiger partial charge in [-0.1, -0.05) is 11.6 Å². The maximum absolute atomic E-state index is 11.2. The summed E-state index contributed by atoms with van der Waals surface area (Å²) in [6, 6.07) is 5.48. The fourth-order valence-corrected chi connectivity index (χ4v) is 2.86. The quantitative estimate of drug-likeness (QED) is 0.910. The van der Waals surface area contributed by atoms with Crippen LogP contribution < -0.4 is 0 Å². The highest BCUT2D eigenvalue weighted by Gasteiger charge is 2.26. The zero-order valence-corrected chi connectivity index (χ0v) is 12.2. The molecule has 1 heterocycles. The van der Waals surface area contributed by atoms with Crippen LogP contribution in [0.25, 0.3) is 5.69 Å². The van der Waals surface area contributed by atoms with Crippen LogP contribution in [0, 0.1) is 0 Å². The number of aromatic nitrogens is 2. The minimum absolute atomic E-state index is 0.159. The lowest BCUT2D eigenvalue weighted by Crippen LogP contribution is -2.04. The van der Waals surface area contributed by atoms with E-state index in [0.29, 0.717) is 5.02 Å². The van der Waals surface area contributed by atoms with Crippen molar-refractivity contribution in [3.63, 3.8) is 0 Å². The van der Waals surface area contributed by atoms with Crippen molar-refractivity contribution in [3.05, 3.63) is 44.6 Å². The number of rotatable bonds is 2. The van der Waals surface area contributed by atoms with Gasteiger partial charge in [-0.05, 0) is 53.4 Å². The Labute approximate surface area is 123 Å². The van der Waals surface area contributed by atoms with Gasteiger partial charge in [-0.3, -0.25) is 0 Å². The highest BCUT2D eigenvalue weighted by atomic mass is 79.9. The molecular formula is C13H10BrClN2O2. The third-order valence-electron chi connectivity index (χ3n) is 3.28. The number of carboxylic acids is 1. The van der Waals surface area contributed by atoms with Gasteiger partial charge in [0.2, 0.25) is 0 Å². The first kappa shape index (κ1) is 12.7. The molecule has 19 heavy (non-hydrogen) atoms. The Balaban J connectivity index is 2.18. The molecule has 6 heteroatoms. The van der Waals surface area contributed by atoms with Gasteiger partial charge in [-0.15, -0.1) is 0 Å². The number of carbonyl (C=O) groups is 1. The summed E-state index contributed by atoms with van der Waals surface area (Å²) in [6.45, 7) is 0. The molecule has 0 aliphatic heterocycles. The second-order valence-corrected chi connectivity index (χ2v) is 5.70. The van der Waals surface area contributed by atoms with Gasteiger partial charge < -0.3 is 5.11 Å². The topological polar surface area (TPSA) is 55.1 Å². The van der Waals surface area contributed by atoms with Gasteiger partial charge >= 0.3 is 5.97 Å². The van der Waals surface area contributed by atoms with E-state index in [-0.39, 0.29) is 5.69 Å². The molecule has 1 aromatic carbocycles. The summed E-state index contributed by atoms with van der Waals surface area (Å²) < 4.78 is 2.50. The van der Waals surface area contributed by atoms with Crippen molar-refractivity contribution in [2.75, 3.05) is 0 Å². The van der Waals surface area contributed by atoms with Crippen molar-refractivity contribution in [2.45, 2.75) is 19.3 Å². The molecule has 1 aliphatic carbocycles. The molecule has 0 spiro atoms. The number of hydrogen-bond acceptors (Lipinski definition) is 2. The monoisotopic (exact) mass is 340 g/mol. The van der Waals surface area contributed by atoms with E-state index >= 15 is 0 Å². The maximum Gasteiger partial charge on any atom is 0.356 e. The lowest BCUT2D eigenvalue weighted by molar-refractivity contribution is 0.0689. The average Bonchev–Trinajstić information content (AvgIpc) is 2.93. The van der Waals surface area contributed by atoms with Crippen molar-refractivity contribution >= 4 is 33.5 Å². The van der Waals surface area contributed by atoms with Crippen LogP contribution in [0.1, 0.15) is 28.2 Å². The Morgan fingerprint density at radius 2 is 2.21 bits per heavy atom. The number of halogens is 2. The van der Waals surface area contributed by atoms with Crippen LogP contribution in [-0.2, 0) is 12.8 Å². The Kier molecular flexibility index (Phi) is 3.11. The van der Waals surface area contributed by atoms with Crippen LogP contribution in [0.2, 0.25) is 5.02 Å². The smallest absolute Gasteiger partial charge is 0.356 e. The van der Waals surface area contributed by atoms with Crippen molar-refractivity contribution in [1.29, 1.82) is 0 Å². The Morgan fingerprint density at radius 3 is 2.89 bits per heavy atom. The molecule has 0 radical (unpaired) electrons. The van der Waals surface area contributed by atoms with Crippen LogP contribution in [0.4, 0.5) is 0 Å². The second kappa shape index (κ2) is 4.65. The molecule has 0 amide bonds. The van der Waals surface area contributed by atoms with E-state index in [2.05, 4.69) is 21.0 Å². The highest BCUT2D eigenvalue weighted by molar-refractivity contribution is 9.10. The molecule has 4 nitrogen and oxygen atoms in total. The summed E-state index contributed by atoms with van der Waals surface area (Å²) in [6.07, 6.45) is 2.60. The molecule has 0 saturated carbocycles. The minimum atomic E-state index is -0.972. The summed E-state index contributed by atoms with van der Waals surface area (Å²) >= 11 is 9.42. The first-order chi connectivity index (χ1) is 9.08. The third-order valence-corrected chi connectivity index (χ3v) is 4.51. The van der Waals surface area contributed by atoms with Crippen LogP contribution in [0.3, 0.4) is 0 Å². The van der Waals surface area contributed by atoms with E-state index in [1.54, 1.807) is 10.7 Å². The fourth-order valence-electron chi connectivity index (χ4n) is 2.44. The second-order valence-electron chi connectivity index (χ2n) is 4.44. The molecule has 1 N–H and O–H groups in total. The minimum Gasteiger partial charge on any atom is -0.476 e. The molecule has 2 aromatic rings. The third kappa shape index (κ3) is 2.07. The van der Waals surface area contributed by atoms with E-state index < -0.39 is 5.97 Å². The normalized spacial score (nSPS) is 13.6. The number of hydrogen-bond donors (Lipinski definition) is 1. The molecule has 1 aromatic heterocycles. The largest absolute Gasteiger partial charge is 0.476 e. The lowest BCUT2D eigenvalue weighted by atomic mass is 10.2. The van der Waals surface area contributed by atoms with Crippen LogP contribution in [-0.4, -0.2) is 20.9 Å². The SMILES string of the molecule is O=C(O)c1nn(-c2ccc(Br)c(Cl)c2)c2c1CCC2. The first-order valence-electron chi connectivity index (χ1n) is 5.87. The van der Waals surface area contributed by atoms with Crippen molar-refractivity contribution in [1.82, 2.24) is 9.78 Å². The predicted molar refractivity (Wildman–Crippen MR) is 75.3 cm³/mol. The average molecular weight is 342 g/mol. The molecule has 0 unspecified atom stereocenters. The summed E-state index contributed by atoms with van der Waals surface area (Å²) in [7, 11) is 0. The van der Waals surface area contributed by atoms with Gasteiger partial charge in [0.05, 0.1) is 10.7 Å². The lowest BCUT2D eigenvalue weighted by Gasteiger charge is -2.06. The van der Waals surface area contributed by atoms with E-state index in [1.165, 1.54) is 0 Å². The molecule has 0 atom stereocenters. The molecule has 0 saturated heterocycles. The molecule has 3 rings (SSSR count). The molecule has 0 fully saturated rings. The van der Waals surface area contributed by atoms with Gasteiger partial charge in [0, 0.05) is 15.7 Å². The predicted octanol–water partition coefficient (Wildman–Crippen LogP) is 3.48. The fraction of sp³-hybridized carbons (Fsp3) is 0.231. The summed E-state index contributed by atoms with van der Waals surface area (Å²) in [5, 5.41) is 14.0. The standard InChI is InChI=1S/C13H10BrClN2O2/c14-9-5-4-7(6-10(9)15)17-11-3-1-2-8(11)12(16-17)13(18)19/h4-6H,1-3H2,(H,18,19). The van der Waals surface area contributed by atoms with Crippen LogP contribution in [0.15, 0.2) is 22.7 Å². The number of benzene rings is 1. The van der Waals surface area contributed by atoms with E-state index in [0.717, 1.165) is 40.7 Å². The van der Waals surface area contributed by atoms with Crippen molar-refractivity contribution in [2.24, 2.45) is 0 Å². The van der Waals surface area contributed by atoms with Gasteiger partial charge in [-0.25, -0.2) is 9.48 Å². The zero-order chi connectivity index (χ0) is 13.6. The van der Waals surface area contributed by atoms with Crippen molar-refractivity contribution < 1.29 is 9.90 Å². The van der Waals surface area contributed by atoms with Gasteiger partial charge in [-0.2, -0.15) is 5.10 Å². The first-order valence-corrected chi connectivity index (χ1v) is 7.04. The van der Waals surface area contributed by atoms with Crippen LogP contribution in [0.5, 0.6) is 0 Å². The zero-order valence-electron chi connectivity index (χ0n) is 9.86. The molecule has 1 aliphatic rings. The Bertz CT molecular complexity index is 682. The number of aromatic carboxylic acids is 1. The Morgan fingerprint density at radius 1 is 1.42 bits per heavy atom. The Hall–Kier alpha value is -1.33. The molecular weight excluding hydrogens is 332 g/mol. The summed E-state index contributed by atoms with van der Waals surface area (Å²) in [5.41, 5.74) is 2.78. The summed E-state index contributed by atoms with van der Waals surface area (Å²) in [5.74, 6) is -0.972.